The molecule has 0 aromatic rings. The topological polar surface area (TPSA) is 57.2 Å². The largest absolute Gasteiger partial charge is 0.469 e. The van der Waals surface area contributed by atoms with E-state index in [0.717, 1.165) is 12.5 Å². The van der Waals surface area contributed by atoms with Crippen LogP contribution in [0.2, 0.25) is 65.0 Å². The van der Waals surface area contributed by atoms with Crippen LogP contribution in [0.5, 0.6) is 0 Å². The Morgan fingerprint density at radius 3 is 1.33 bits per heavy atom. The number of aliphatic hydroxyl groups excluding tert-OH is 1. The number of hydrogen-bond acceptors (Lipinski definition) is 5. The maximum absolute atomic E-state index is 11.2. The van der Waals surface area contributed by atoms with Gasteiger partial charge in [0.25, 0.3) is 0 Å². The lowest BCUT2D eigenvalue weighted by Gasteiger charge is -2.50. The van der Waals surface area contributed by atoms with Gasteiger partial charge in [0.05, 0.1) is 0 Å². The van der Waals surface area contributed by atoms with E-state index >= 15 is 0 Å². The van der Waals surface area contributed by atoms with Crippen molar-refractivity contribution in [2.24, 2.45) is 22.7 Å². The van der Waals surface area contributed by atoms with Gasteiger partial charge >= 0.3 is 8.80 Å². The van der Waals surface area contributed by atoms with Crippen molar-refractivity contribution in [3.8, 4) is 0 Å². The summed E-state index contributed by atoms with van der Waals surface area (Å²) in [5.74, 6) is 0.759. The molecule has 0 aromatic carbocycles. The SMILES string of the molecule is CC(C)C(C)C(C)(C(O)OCCC[Si](O[Si](C)(C)C)(O[Si](C)(C)C)O[Si](C)(C)C)C(C)(C)C. The molecule has 0 radical (unpaired) electrons. The van der Waals surface area contributed by atoms with Crippen molar-refractivity contribution >= 4 is 33.8 Å². The molecule has 33 heavy (non-hydrogen) atoms. The summed E-state index contributed by atoms with van der Waals surface area (Å²) in [6, 6.07) is 0.727. The van der Waals surface area contributed by atoms with Crippen molar-refractivity contribution in [1.29, 1.82) is 0 Å². The van der Waals surface area contributed by atoms with E-state index in [1.54, 1.807) is 0 Å². The van der Waals surface area contributed by atoms with Gasteiger partial charge in [-0.15, -0.1) is 0 Å². The van der Waals surface area contributed by atoms with Gasteiger partial charge in [0.2, 0.25) is 0 Å². The van der Waals surface area contributed by atoms with Gasteiger partial charge in [-0.05, 0) is 82.6 Å². The number of hydrogen-bond donors (Lipinski definition) is 1. The average Bonchev–Trinajstić information content (AvgIpc) is 2.50. The van der Waals surface area contributed by atoms with Gasteiger partial charge in [-0.25, -0.2) is 0 Å². The molecular formula is C24H58O5Si4. The van der Waals surface area contributed by atoms with E-state index in [9.17, 15) is 5.11 Å². The molecule has 0 rings (SSSR count). The van der Waals surface area contributed by atoms with E-state index in [0.29, 0.717) is 18.4 Å². The van der Waals surface area contributed by atoms with Crippen LogP contribution in [0.25, 0.3) is 0 Å². The van der Waals surface area contributed by atoms with E-state index < -0.39 is 40.0 Å². The fourth-order valence-corrected chi connectivity index (χ4v) is 18.9. The van der Waals surface area contributed by atoms with E-state index in [-0.39, 0.29) is 10.8 Å². The van der Waals surface area contributed by atoms with Crippen LogP contribution in [0.15, 0.2) is 0 Å². The Morgan fingerprint density at radius 1 is 0.697 bits per heavy atom. The van der Waals surface area contributed by atoms with Crippen LogP contribution in [0.1, 0.15) is 54.9 Å². The van der Waals surface area contributed by atoms with E-state index in [1.807, 2.05) is 0 Å². The van der Waals surface area contributed by atoms with E-state index in [2.05, 4.69) is 107 Å². The van der Waals surface area contributed by atoms with Crippen molar-refractivity contribution < 1.29 is 22.2 Å². The Labute approximate surface area is 211 Å². The molecule has 3 unspecified atom stereocenters. The molecular weight excluding hydrogens is 481 g/mol. The zero-order chi connectivity index (χ0) is 26.7. The van der Waals surface area contributed by atoms with Gasteiger partial charge in [-0.2, -0.15) is 0 Å². The average molecular weight is 539 g/mol. The van der Waals surface area contributed by atoms with Crippen molar-refractivity contribution in [2.45, 2.75) is 126 Å². The third kappa shape index (κ3) is 11.5. The van der Waals surface area contributed by atoms with Crippen molar-refractivity contribution in [1.82, 2.24) is 0 Å². The van der Waals surface area contributed by atoms with Gasteiger partial charge in [0, 0.05) is 18.1 Å². The number of aliphatic hydroxyl groups is 1. The lowest BCUT2D eigenvalue weighted by atomic mass is 9.58. The second-order valence-electron chi connectivity index (χ2n) is 14.2. The highest BCUT2D eigenvalue weighted by Crippen LogP contribution is 2.50. The minimum atomic E-state index is -2.87. The van der Waals surface area contributed by atoms with Crippen LogP contribution < -0.4 is 0 Å². The summed E-state index contributed by atoms with van der Waals surface area (Å²) >= 11 is 0. The van der Waals surface area contributed by atoms with Crippen LogP contribution in [0.4, 0.5) is 0 Å². The van der Waals surface area contributed by atoms with Crippen LogP contribution >= 0.6 is 0 Å². The van der Waals surface area contributed by atoms with Gasteiger partial charge < -0.3 is 22.2 Å². The highest BCUT2D eigenvalue weighted by atomic mass is 28.5. The quantitative estimate of drug-likeness (QED) is 0.140. The monoisotopic (exact) mass is 538 g/mol. The summed E-state index contributed by atoms with van der Waals surface area (Å²) < 4.78 is 26.4. The molecule has 0 aliphatic rings. The van der Waals surface area contributed by atoms with Crippen molar-refractivity contribution in [3.63, 3.8) is 0 Å². The van der Waals surface area contributed by atoms with Crippen LogP contribution in [-0.4, -0.2) is 51.8 Å². The molecule has 1 N–H and O–H groups in total. The summed E-state index contributed by atoms with van der Waals surface area (Å²) in [7, 11) is -8.54. The maximum atomic E-state index is 11.2. The van der Waals surface area contributed by atoms with Crippen molar-refractivity contribution in [2.75, 3.05) is 6.61 Å². The smallest absolute Gasteiger partial charge is 0.417 e. The van der Waals surface area contributed by atoms with E-state index in [1.165, 1.54) is 0 Å². The van der Waals surface area contributed by atoms with Crippen molar-refractivity contribution in [3.05, 3.63) is 0 Å². The Kier molecular flexibility index (Phi) is 12.0. The molecule has 200 valence electrons. The first-order chi connectivity index (χ1) is 14.4. The highest BCUT2D eigenvalue weighted by molar-refractivity contribution is 6.90. The van der Waals surface area contributed by atoms with E-state index in [4.69, 9.17) is 17.1 Å². The number of ether oxygens (including phenoxy) is 1. The van der Waals surface area contributed by atoms with Crippen LogP contribution in [0, 0.1) is 22.7 Å². The Morgan fingerprint density at radius 2 is 1.06 bits per heavy atom. The molecule has 3 atom stereocenters. The number of rotatable bonds is 14. The summed E-state index contributed by atoms with van der Waals surface area (Å²) in [6.45, 7) is 35.7. The lowest BCUT2D eigenvalue weighted by Crippen LogP contribution is -2.60. The first kappa shape index (κ1) is 33.7. The first-order valence-electron chi connectivity index (χ1n) is 12.8. The third-order valence-corrected chi connectivity index (χ3v) is 18.4. The standard InChI is InChI=1S/C24H58O5Si4/c1-20(2)21(3)24(7,23(4,5)6)22(25)26-18-17-19-33(27-30(8,9)10,28-31(11,12)13)29-32(14,15)16/h20-22,25H,17-19H2,1-16H3. The fourth-order valence-electron chi connectivity index (χ4n) is 4.24. The second-order valence-corrected chi connectivity index (χ2v) is 31.2. The van der Waals surface area contributed by atoms with Gasteiger partial charge in [-0.1, -0.05) is 48.5 Å². The Bertz CT molecular complexity index is 547. The Balaban J connectivity index is 5.64. The Hall–Kier alpha value is 0.668. The molecule has 0 aromatic heterocycles. The molecule has 0 fully saturated rings. The minimum absolute atomic E-state index is 0.0998. The fraction of sp³-hybridized carbons (Fsp3) is 1.00. The molecule has 9 heteroatoms. The zero-order valence-corrected chi connectivity index (χ0v) is 28.9. The lowest BCUT2D eigenvalue weighted by molar-refractivity contribution is -0.225. The molecule has 0 spiro atoms. The summed E-state index contributed by atoms with van der Waals surface area (Å²) in [6.07, 6.45) is -0.0846. The third-order valence-electron chi connectivity index (χ3n) is 6.36. The predicted octanol–water partition coefficient (Wildman–Crippen LogP) is 7.55. The molecule has 0 heterocycles. The van der Waals surface area contributed by atoms with Gasteiger partial charge in [-0.3, -0.25) is 0 Å². The summed E-state index contributed by atoms with van der Waals surface area (Å²) in [5, 5.41) is 11.2. The summed E-state index contributed by atoms with van der Waals surface area (Å²) in [4.78, 5) is 0. The van der Waals surface area contributed by atoms with Gasteiger partial charge in [0.1, 0.15) is 0 Å². The highest BCUT2D eigenvalue weighted by Gasteiger charge is 2.51. The molecule has 0 saturated heterocycles. The molecule has 0 bridgehead atoms. The zero-order valence-electron chi connectivity index (χ0n) is 24.9. The molecule has 0 amide bonds. The van der Waals surface area contributed by atoms with Gasteiger partial charge in [0.15, 0.2) is 31.2 Å². The molecule has 0 aliphatic heterocycles. The first-order valence-corrected chi connectivity index (χ1v) is 24.9. The molecule has 0 saturated carbocycles. The minimum Gasteiger partial charge on any atom is -0.417 e. The molecule has 5 nitrogen and oxygen atoms in total. The van der Waals surface area contributed by atoms with Crippen LogP contribution in [-0.2, 0) is 17.1 Å². The summed E-state index contributed by atoms with van der Waals surface area (Å²) in [5.41, 5.74) is -0.467. The normalized spacial score (nSPS) is 18.4. The van der Waals surface area contributed by atoms with Crippen LogP contribution in [0.3, 0.4) is 0 Å². The maximum Gasteiger partial charge on any atom is 0.469 e. The second kappa shape index (κ2) is 11.8. The predicted molar refractivity (Wildman–Crippen MR) is 152 cm³/mol. The molecule has 0 aliphatic carbocycles.